The molecule has 2 aromatic carbocycles. The van der Waals surface area contributed by atoms with Crippen LogP contribution >= 0.6 is 22.9 Å². The Balaban J connectivity index is 1.44. The number of nitrogens with zero attached hydrogens (tertiary/aromatic N) is 2. The number of fused-ring (bicyclic) bond motifs is 1. The van der Waals surface area contributed by atoms with Gasteiger partial charge in [0, 0.05) is 17.5 Å². The number of amides is 2. The number of halogens is 1. The Morgan fingerprint density at radius 1 is 1.33 bits per heavy atom. The molecule has 2 heterocycles. The zero-order chi connectivity index (χ0) is 21.1. The second-order valence-corrected chi connectivity index (χ2v) is 7.68. The van der Waals surface area contributed by atoms with Gasteiger partial charge in [-0.1, -0.05) is 23.7 Å². The lowest BCUT2D eigenvalue weighted by Gasteiger charge is -2.28. The molecule has 154 valence electrons. The summed E-state index contributed by atoms with van der Waals surface area (Å²) in [4.78, 5) is 30.4. The Morgan fingerprint density at radius 3 is 2.97 bits per heavy atom. The zero-order valence-electron chi connectivity index (χ0n) is 16.1. The molecule has 0 fully saturated rings. The maximum atomic E-state index is 12.2. The second-order valence-electron chi connectivity index (χ2n) is 6.41. The number of thiazole rings is 1. The van der Waals surface area contributed by atoms with Gasteiger partial charge < -0.3 is 14.4 Å². The highest BCUT2D eigenvalue weighted by Crippen LogP contribution is 2.36. The summed E-state index contributed by atoms with van der Waals surface area (Å²) < 4.78 is 10.9. The molecule has 0 unspecified atom stereocenters. The van der Waals surface area contributed by atoms with E-state index in [0.717, 1.165) is 11.3 Å². The van der Waals surface area contributed by atoms with E-state index in [0.29, 0.717) is 33.9 Å². The predicted molar refractivity (Wildman–Crippen MR) is 117 cm³/mol. The number of carbonyl (C=O) groups excluding carboxylic acids is 2. The van der Waals surface area contributed by atoms with Crippen LogP contribution in [0.1, 0.15) is 6.92 Å². The lowest BCUT2D eigenvalue weighted by molar-refractivity contribution is -0.121. The van der Waals surface area contributed by atoms with E-state index in [1.165, 1.54) is 11.3 Å². The van der Waals surface area contributed by atoms with Gasteiger partial charge in [0.2, 0.25) is 0 Å². The number of benzene rings is 2. The van der Waals surface area contributed by atoms with E-state index in [-0.39, 0.29) is 25.0 Å². The van der Waals surface area contributed by atoms with Crippen LogP contribution in [0.25, 0.3) is 11.3 Å². The van der Waals surface area contributed by atoms with E-state index < -0.39 is 0 Å². The fraction of sp³-hybridized carbons (Fsp3) is 0.190. The summed E-state index contributed by atoms with van der Waals surface area (Å²) in [5.41, 5.74) is 2.24. The monoisotopic (exact) mass is 443 g/mol. The van der Waals surface area contributed by atoms with Gasteiger partial charge in [0.15, 0.2) is 18.3 Å². The Morgan fingerprint density at radius 2 is 2.17 bits per heavy atom. The second kappa shape index (κ2) is 8.73. The molecule has 7 nitrogen and oxygen atoms in total. The molecule has 30 heavy (non-hydrogen) atoms. The number of anilines is 2. The third-order valence-electron chi connectivity index (χ3n) is 4.46. The molecule has 1 aliphatic rings. The average Bonchev–Trinajstić information content (AvgIpc) is 3.21. The molecular weight excluding hydrogens is 426 g/mol. The molecule has 0 atom stereocenters. The van der Waals surface area contributed by atoms with Gasteiger partial charge in [-0.15, -0.1) is 11.3 Å². The minimum atomic E-state index is -0.336. The van der Waals surface area contributed by atoms with Crippen molar-refractivity contribution in [1.82, 2.24) is 4.98 Å². The highest BCUT2D eigenvalue weighted by Gasteiger charge is 2.24. The summed E-state index contributed by atoms with van der Waals surface area (Å²) in [6.45, 7) is 2.34. The van der Waals surface area contributed by atoms with E-state index in [2.05, 4.69) is 10.3 Å². The summed E-state index contributed by atoms with van der Waals surface area (Å²) in [5.74, 6) is 0.699. The van der Waals surface area contributed by atoms with Gasteiger partial charge in [-0.25, -0.2) is 4.98 Å². The molecule has 1 aliphatic heterocycles. The average molecular weight is 444 g/mol. The number of nitrogens with one attached hydrogen (secondary N) is 1. The van der Waals surface area contributed by atoms with Gasteiger partial charge in [-0.3, -0.25) is 14.9 Å². The molecule has 3 aromatic rings. The minimum absolute atomic E-state index is 0.0450. The molecule has 0 aliphatic carbocycles. The predicted octanol–water partition coefficient (Wildman–Crippen LogP) is 4.23. The minimum Gasteiger partial charge on any atom is -0.482 e. The van der Waals surface area contributed by atoms with Crippen molar-refractivity contribution in [2.45, 2.75) is 6.92 Å². The van der Waals surface area contributed by atoms with E-state index in [4.69, 9.17) is 21.1 Å². The van der Waals surface area contributed by atoms with Crippen molar-refractivity contribution >= 4 is 45.6 Å². The van der Waals surface area contributed by atoms with E-state index >= 15 is 0 Å². The number of likely N-dealkylation sites (N-methyl/N-ethyl adjacent to an activating group) is 1. The molecule has 0 saturated carbocycles. The SMILES string of the molecule is CCN1C(=O)COc2ccc(-c3csc(NC(=O)COc4ccccc4Cl)n3)cc21. The molecule has 0 bridgehead atoms. The summed E-state index contributed by atoms with van der Waals surface area (Å²) in [6, 6.07) is 12.5. The Bertz CT molecular complexity index is 1100. The van der Waals surface area contributed by atoms with Crippen molar-refractivity contribution in [2.75, 3.05) is 30.0 Å². The van der Waals surface area contributed by atoms with Crippen molar-refractivity contribution < 1.29 is 19.1 Å². The zero-order valence-corrected chi connectivity index (χ0v) is 17.6. The molecular formula is C21H18ClN3O4S. The number of hydrogen-bond donors (Lipinski definition) is 1. The lowest BCUT2D eigenvalue weighted by atomic mass is 10.1. The van der Waals surface area contributed by atoms with Crippen molar-refractivity contribution in [2.24, 2.45) is 0 Å². The van der Waals surface area contributed by atoms with Crippen LogP contribution in [0.5, 0.6) is 11.5 Å². The van der Waals surface area contributed by atoms with Crippen molar-refractivity contribution in [1.29, 1.82) is 0 Å². The largest absolute Gasteiger partial charge is 0.482 e. The van der Waals surface area contributed by atoms with Gasteiger partial charge in [-0.2, -0.15) is 0 Å². The normalized spacial score (nSPS) is 12.9. The van der Waals surface area contributed by atoms with Gasteiger partial charge in [0.1, 0.15) is 11.5 Å². The standard InChI is InChI=1S/C21H18ClN3O4S/c1-2-25-16-9-13(7-8-18(16)29-11-20(25)27)15-12-30-21(23-15)24-19(26)10-28-17-6-4-3-5-14(17)22/h3-9,12H,2,10-11H2,1H3,(H,23,24,26). The lowest BCUT2D eigenvalue weighted by Crippen LogP contribution is -2.38. The van der Waals surface area contributed by atoms with Crippen LogP contribution in [0.4, 0.5) is 10.8 Å². The van der Waals surface area contributed by atoms with Gasteiger partial charge in [0.25, 0.3) is 11.8 Å². The number of hydrogen-bond acceptors (Lipinski definition) is 6. The van der Waals surface area contributed by atoms with Gasteiger partial charge >= 0.3 is 0 Å². The highest BCUT2D eigenvalue weighted by molar-refractivity contribution is 7.14. The number of rotatable bonds is 6. The number of carbonyl (C=O) groups is 2. The molecule has 4 rings (SSSR count). The van der Waals surface area contributed by atoms with Crippen molar-refractivity contribution in [3.63, 3.8) is 0 Å². The van der Waals surface area contributed by atoms with Gasteiger partial charge in [0.05, 0.1) is 16.4 Å². The van der Waals surface area contributed by atoms with Crippen LogP contribution in [0, 0.1) is 0 Å². The first kappa shape index (κ1) is 20.2. The number of aromatic nitrogens is 1. The van der Waals surface area contributed by atoms with Crippen LogP contribution in [0.15, 0.2) is 47.8 Å². The molecule has 1 aromatic heterocycles. The topological polar surface area (TPSA) is 80.8 Å². The molecule has 0 radical (unpaired) electrons. The van der Waals surface area contributed by atoms with Crippen LogP contribution < -0.4 is 19.7 Å². The molecule has 2 amide bonds. The fourth-order valence-electron chi connectivity index (χ4n) is 3.03. The van der Waals surface area contributed by atoms with Crippen LogP contribution in [-0.2, 0) is 9.59 Å². The van der Waals surface area contributed by atoms with E-state index in [9.17, 15) is 9.59 Å². The molecule has 0 saturated heterocycles. The van der Waals surface area contributed by atoms with Crippen molar-refractivity contribution in [3.05, 3.63) is 52.9 Å². The molecule has 9 heteroatoms. The summed E-state index contributed by atoms with van der Waals surface area (Å²) in [5, 5.41) is 5.46. The third-order valence-corrected chi connectivity index (χ3v) is 5.53. The van der Waals surface area contributed by atoms with Crippen LogP contribution in [0.3, 0.4) is 0 Å². The van der Waals surface area contributed by atoms with E-state index in [1.54, 1.807) is 29.2 Å². The molecule has 0 spiro atoms. The first-order valence-electron chi connectivity index (χ1n) is 9.25. The Labute approximate surface area is 182 Å². The van der Waals surface area contributed by atoms with Crippen LogP contribution in [0.2, 0.25) is 5.02 Å². The highest BCUT2D eigenvalue weighted by atomic mass is 35.5. The van der Waals surface area contributed by atoms with Crippen molar-refractivity contribution in [3.8, 4) is 22.8 Å². The quantitative estimate of drug-likeness (QED) is 0.616. The van der Waals surface area contributed by atoms with E-state index in [1.807, 2.05) is 30.5 Å². The fourth-order valence-corrected chi connectivity index (χ4v) is 3.96. The first-order valence-corrected chi connectivity index (χ1v) is 10.5. The Kier molecular flexibility index (Phi) is 5.87. The third kappa shape index (κ3) is 4.24. The summed E-state index contributed by atoms with van der Waals surface area (Å²) in [6.07, 6.45) is 0. The number of para-hydroxylation sites is 1. The smallest absolute Gasteiger partial charge is 0.265 e. The maximum absolute atomic E-state index is 12.2. The first-order chi connectivity index (χ1) is 14.5. The molecule has 1 N–H and O–H groups in total. The van der Waals surface area contributed by atoms with Crippen LogP contribution in [-0.4, -0.2) is 36.6 Å². The summed E-state index contributed by atoms with van der Waals surface area (Å²) in [7, 11) is 0. The maximum Gasteiger partial charge on any atom is 0.265 e. The number of ether oxygens (including phenoxy) is 2. The summed E-state index contributed by atoms with van der Waals surface area (Å²) >= 11 is 7.32. The van der Waals surface area contributed by atoms with Gasteiger partial charge in [-0.05, 0) is 37.3 Å². The Hall–Kier alpha value is -3.10.